The molecule has 0 spiro atoms. The summed E-state index contributed by atoms with van der Waals surface area (Å²) >= 11 is 0. The molecule has 0 saturated heterocycles. The lowest BCUT2D eigenvalue weighted by atomic mass is 10.2. The van der Waals surface area contributed by atoms with Crippen molar-refractivity contribution in [3.8, 4) is 23.0 Å². The number of rotatable bonds is 5. The van der Waals surface area contributed by atoms with Crippen molar-refractivity contribution >= 4 is 11.9 Å². The highest BCUT2D eigenvalue weighted by Crippen LogP contribution is 2.26. The van der Waals surface area contributed by atoms with Crippen molar-refractivity contribution in [1.29, 1.82) is 0 Å². The highest BCUT2D eigenvalue weighted by molar-refractivity contribution is 5.83. The van der Waals surface area contributed by atoms with E-state index in [4.69, 9.17) is 9.47 Å². The van der Waals surface area contributed by atoms with Crippen LogP contribution in [0.2, 0.25) is 0 Å². The number of para-hydroxylation sites is 1. The molecule has 0 heterocycles. The summed E-state index contributed by atoms with van der Waals surface area (Å²) in [6, 6.07) is 22.2. The summed E-state index contributed by atoms with van der Waals surface area (Å²) in [5.41, 5.74) is 1.65. The molecule has 0 aliphatic carbocycles. The van der Waals surface area contributed by atoms with Gasteiger partial charge in [0.2, 0.25) is 0 Å². The van der Waals surface area contributed by atoms with E-state index in [2.05, 4.69) is 4.99 Å². The Balaban J connectivity index is 1.70. The van der Waals surface area contributed by atoms with Gasteiger partial charge in [-0.3, -0.25) is 4.99 Å². The Labute approximate surface area is 140 Å². The van der Waals surface area contributed by atoms with Crippen LogP contribution in [0.25, 0.3) is 0 Å². The minimum Gasteiger partial charge on any atom is -0.504 e. The first-order chi connectivity index (χ1) is 11.7. The third-order valence-corrected chi connectivity index (χ3v) is 3.38. The van der Waals surface area contributed by atoms with Gasteiger partial charge in [-0.1, -0.05) is 18.2 Å². The quantitative estimate of drug-likeness (QED) is 0.677. The van der Waals surface area contributed by atoms with E-state index >= 15 is 0 Å². The average molecular weight is 319 g/mol. The molecule has 0 saturated carbocycles. The van der Waals surface area contributed by atoms with Gasteiger partial charge in [0, 0.05) is 6.21 Å². The maximum Gasteiger partial charge on any atom is 0.161 e. The first-order valence-electron chi connectivity index (χ1n) is 7.48. The lowest BCUT2D eigenvalue weighted by molar-refractivity contribution is 0.373. The normalized spacial score (nSPS) is 10.7. The van der Waals surface area contributed by atoms with Crippen LogP contribution in [0, 0.1) is 0 Å². The zero-order chi connectivity index (χ0) is 16.8. The maximum atomic E-state index is 9.59. The highest BCUT2D eigenvalue weighted by atomic mass is 16.5. The second-order valence-corrected chi connectivity index (χ2v) is 5.10. The molecule has 3 aromatic carbocycles. The number of ether oxygens (including phenoxy) is 2. The van der Waals surface area contributed by atoms with E-state index in [1.807, 2.05) is 54.6 Å². The van der Waals surface area contributed by atoms with Crippen LogP contribution in [0.5, 0.6) is 23.0 Å². The third kappa shape index (κ3) is 3.93. The number of aromatic hydroxyl groups is 1. The molecular weight excluding hydrogens is 302 g/mol. The van der Waals surface area contributed by atoms with E-state index in [0.717, 1.165) is 22.7 Å². The fraction of sp³-hybridized carbons (Fsp3) is 0.0500. The number of hydrogen-bond donors (Lipinski definition) is 1. The smallest absolute Gasteiger partial charge is 0.161 e. The number of methoxy groups -OCH3 is 1. The van der Waals surface area contributed by atoms with Crippen LogP contribution in [0.4, 0.5) is 5.69 Å². The van der Waals surface area contributed by atoms with Gasteiger partial charge >= 0.3 is 0 Å². The van der Waals surface area contributed by atoms with E-state index < -0.39 is 0 Å². The molecule has 0 radical (unpaired) electrons. The Morgan fingerprint density at radius 2 is 1.58 bits per heavy atom. The highest BCUT2D eigenvalue weighted by Gasteiger charge is 2.01. The molecule has 3 rings (SSSR count). The van der Waals surface area contributed by atoms with Gasteiger partial charge in [0.1, 0.15) is 11.5 Å². The minimum atomic E-state index is 0.108. The Bertz CT molecular complexity index is 827. The summed E-state index contributed by atoms with van der Waals surface area (Å²) in [6.45, 7) is 0. The van der Waals surface area contributed by atoms with Crippen LogP contribution in [-0.2, 0) is 0 Å². The number of phenols is 1. The van der Waals surface area contributed by atoms with E-state index in [1.165, 1.54) is 7.11 Å². The second kappa shape index (κ2) is 7.33. The number of phenolic OH excluding ortho intramolecular Hbond substituents is 1. The van der Waals surface area contributed by atoms with Gasteiger partial charge in [-0.25, -0.2) is 0 Å². The molecular formula is C20H17NO3. The first-order valence-corrected chi connectivity index (χ1v) is 7.48. The molecule has 0 fully saturated rings. The monoisotopic (exact) mass is 319 g/mol. The lowest BCUT2D eigenvalue weighted by Gasteiger charge is -2.05. The Morgan fingerprint density at radius 1 is 0.875 bits per heavy atom. The SMILES string of the molecule is COc1cc(C=Nc2ccc(Oc3ccccc3)cc2)ccc1O. The van der Waals surface area contributed by atoms with Gasteiger partial charge in [0.15, 0.2) is 11.5 Å². The number of aliphatic imine (C=N–C) groups is 1. The van der Waals surface area contributed by atoms with Crippen LogP contribution in [0.1, 0.15) is 5.56 Å². The third-order valence-electron chi connectivity index (χ3n) is 3.38. The van der Waals surface area contributed by atoms with Crippen molar-refractivity contribution in [2.75, 3.05) is 7.11 Å². The van der Waals surface area contributed by atoms with Crippen molar-refractivity contribution < 1.29 is 14.6 Å². The van der Waals surface area contributed by atoms with E-state index in [-0.39, 0.29) is 5.75 Å². The fourth-order valence-electron chi connectivity index (χ4n) is 2.15. The lowest BCUT2D eigenvalue weighted by Crippen LogP contribution is -1.87. The number of hydrogen-bond acceptors (Lipinski definition) is 4. The molecule has 0 bridgehead atoms. The summed E-state index contributed by atoms with van der Waals surface area (Å²) in [4.78, 5) is 4.41. The zero-order valence-corrected chi connectivity index (χ0v) is 13.2. The molecule has 4 nitrogen and oxygen atoms in total. The van der Waals surface area contributed by atoms with Crippen LogP contribution < -0.4 is 9.47 Å². The van der Waals surface area contributed by atoms with Crippen molar-refractivity contribution in [3.63, 3.8) is 0 Å². The first kappa shape index (κ1) is 15.6. The molecule has 0 aliphatic rings. The Morgan fingerprint density at radius 3 is 2.29 bits per heavy atom. The van der Waals surface area contributed by atoms with Crippen LogP contribution in [0.3, 0.4) is 0 Å². The summed E-state index contributed by atoms with van der Waals surface area (Å²) in [6.07, 6.45) is 1.72. The predicted octanol–water partition coefficient (Wildman–Crippen LogP) is 4.94. The molecule has 1 N–H and O–H groups in total. The standard InChI is InChI=1S/C20H17NO3/c1-23-20-13-15(7-12-19(20)22)14-21-16-8-10-18(11-9-16)24-17-5-3-2-4-6-17/h2-14,22H,1H3. The maximum absolute atomic E-state index is 9.59. The van der Waals surface area contributed by atoms with Crippen molar-refractivity contribution in [2.45, 2.75) is 0 Å². The summed E-state index contributed by atoms with van der Waals surface area (Å²) in [7, 11) is 1.52. The molecule has 0 unspecified atom stereocenters. The summed E-state index contributed by atoms with van der Waals surface area (Å²) in [5.74, 6) is 2.08. The van der Waals surface area contributed by atoms with Gasteiger partial charge in [0.25, 0.3) is 0 Å². The molecule has 0 aromatic heterocycles. The molecule has 3 aromatic rings. The molecule has 0 atom stereocenters. The molecule has 24 heavy (non-hydrogen) atoms. The van der Waals surface area contributed by atoms with Crippen molar-refractivity contribution in [2.24, 2.45) is 4.99 Å². The fourth-order valence-corrected chi connectivity index (χ4v) is 2.15. The minimum absolute atomic E-state index is 0.108. The zero-order valence-electron chi connectivity index (χ0n) is 13.2. The van der Waals surface area contributed by atoms with Crippen LogP contribution in [0.15, 0.2) is 77.8 Å². The Hall–Kier alpha value is -3.27. The van der Waals surface area contributed by atoms with E-state index in [9.17, 15) is 5.11 Å². The van der Waals surface area contributed by atoms with Crippen LogP contribution >= 0.6 is 0 Å². The van der Waals surface area contributed by atoms with E-state index in [1.54, 1.807) is 24.4 Å². The van der Waals surface area contributed by atoms with Crippen molar-refractivity contribution in [3.05, 3.63) is 78.4 Å². The van der Waals surface area contributed by atoms with Gasteiger partial charge < -0.3 is 14.6 Å². The van der Waals surface area contributed by atoms with Gasteiger partial charge in [-0.15, -0.1) is 0 Å². The van der Waals surface area contributed by atoms with Gasteiger partial charge in [0.05, 0.1) is 12.8 Å². The van der Waals surface area contributed by atoms with Crippen molar-refractivity contribution in [1.82, 2.24) is 0 Å². The molecule has 120 valence electrons. The van der Waals surface area contributed by atoms with Crippen LogP contribution in [-0.4, -0.2) is 18.4 Å². The van der Waals surface area contributed by atoms with E-state index in [0.29, 0.717) is 5.75 Å². The number of nitrogens with zero attached hydrogens (tertiary/aromatic N) is 1. The Kier molecular flexibility index (Phi) is 4.77. The van der Waals surface area contributed by atoms with Gasteiger partial charge in [-0.2, -0.15) is 0 Å². The number of benzene rings is 3. The summed E-state index contributed by atoms with van der Waals surface area (Å²) < 4.78 is 10.8. The summed E-state index contributed by atoms with van der Waals surface area (Å²) in [5, 5.41) is 9.59. The topological polar surface area (TPSA) is 51.0 Å². The molecule has 0 amide bonds. The predicted molar refractivity (Wildman–Crippen MR) is 94.9 cm³/mol. The van der Waals surface area contributed by atoms with Gasteiger partial charge in [-0.05, 0) is 60.2 Å². The average Bonchev–Trinajstić information content (AvgIpc) is 2.63. The molecule has 0 aliphatic heterocycles. The largest absolute Gasteiger partial charge is 0.504 e. The second-order valence-electron chi connectivity index (χ2n) is 5.10. The molecule has 4 heteroatoms.